The summed E-state index contributed by atoms with van der Waals surface area (Å²) in [6.45, 7) is 2.47. The van der Waals surface area contributed by atoms with Gasteiger partial charge in [0, 0.05) is 29.4 Å². The normalized spacial score (nSPS) is 10.8. The molecule has 0 aliphatic carbocycles. The van der Waals surface area contributed by atoms with Crippen LogP contribution in [0.4, 0.5) is 4.39 Å². The third-order valence-electron chi connectivity index (χ3n) is 5.36. The smallest absolute Gasteiger partial charge is 0.230 e. The lowest BCUT2D eigenvalue weighted by atomic mass is 9.98. The molecule has 0 fully saturated rings. The molecule has 3 aromatic carbocycles. The monoisotopic (exact) mass is 473 g/mol. The van der Waals surface area contributed by atoms with E-state index in [-0.39, 0.29) is 17.4 Å². The highest BCUT2D eigenvalue weighted by Gasteiger charge is 2.11. The number of hydrogen-bond donors (Lipinski definition) is 1. The van der Waals surface area contributed by atoms with Crippen molar-refractivity contribution in [3.05, 3.63) is 108 Å². The molecule has 4 rings (SSSR count). The maximum absolute atomic E-state index is 14.2. The average Bonchev–Trinajstić information content (AvgIpc) is 3.35. The lowest BCUT2D eigenvalue weighted by molar-refractivity contribution is -0.118. The van der Waals surface area contributed by atoms with E-state index >= 15 is 0 Å². The number of hydrogen-bond acceptors (Lipinski definition) is 4. The van der Waals surface area contributed by atoms with E-state index in [4.69, 9.17) is 0 Å². The van der Waals surface area contributed by atoms with Crippen LogP contribution in [0.2, 0.25) is 0 Å². The van der Waals surface area contributed by atoms with Crippen molar-refractivity contribution in [3.8, 4) is 11.1 Å². The van der Waals surface area contributed by atoms with Crippen LogP contribution in [0, 0.1) is 5.82 Å². The third-order valence-corrected chi connectivity index (χ3v) is 6.41. The van der Waals surface area contributed by atoms with E-state index in [1.54, 1.807) is 12.3 Å². The molecule has 0 atom stereocenters. The van der Waals surface area contributed by atoms with E-state index in [0.29, 0.717) is 23.5 Å². The van der Waals surface area contributed by atoms with Gasteiger partial charge in [0.1, 0.15) is 5.82 Å². The molecule has 0 radical (unpaired) electrons. The number of aromatic nitrogens is 2. The summed E-state index contributed by atoms with van der Waals surface area (Å²) in [6, 6.07) is 22.5. The van der Waals surface area contributed by atoms with Gasteiger partial charge in [0.05, 0.1) is 12.3 Å². The highest BCUT2D eigenvalue weighted by molar-refractivity contribution is 8.00. The maximum atomic E-state index is 14.2. The summed E-state index contributed by atoms with van der Waals surface area (Å²) >= 11 is 1.11. The molecule has 172 valence electrons. The van der Waals surface area contributed by atoms with Gasteiger partial charge in [-0.25, -0.2) is 4.39 Å². The van der Waals surface area contributed by atoms with Crippen molar-refractivity contribution < 1.29 is 14.0 Å². The Morgan fingerprint density at radius 1 is 1.03 bits per heavy atom. The lowest BCUT2D eigenvalue weighted by Gasteiger charge is -2.12. The SMILES string of the molecule is CC(=O)c1ccc(SCC(=O)NCc2ccccc2-c2ccc(Cn3cccn3)cc2)c(F)c1. The molecular formula is C27H24FN3O2S. The van der Waals surface area contributed by atoms with Crippen molar-refractivity contribution in [2.24, 2.45) is 0 Å². The van der Waals surface area contributed by atoms with Crippen LogP contribution in [-0.4, -0.2) is 27.2 Å². The van der Waals surface area contributed by atoms with Crippen LogP contribution < -0.4 is 5.32 Å². The number of ketones is 1. The Hall–Kier alpha value is -3.71. The first-order chi connectivity index (χ1) is 16.5. The van der Waals surface area contributed by atoms with Gasteiger partial charge in [0.2, 0.25) is 5.91 Å². The summed E-state index contributed by atoms with van der Waals surface area (Å²) < 4.78 is 16.1. The molecule has 0 aliphatic rings. The van der Waals surface area contributed by atoms with E-state index in [2.05, 4.69) is 34.7 Å². The van der Waals surface area contributed by atoms with Gasteiger partial charge in [-0.1, -0.05) is 54.6 Å². The van der Waals surface area contributed by atoms with Crippen LogP contribution in [-0.2, 0) is 17.9 Å². The standard InChI is InChI=1S/C27H24FN3O2S/c1-19(32)22-11-12-26(25(28)15-22)34-18-27(33)29-16-23-5-2-3-6-24(23)21-9-7-20(8-10-21)17-31-14-4-13-30-31/h2-15H,16-18H2,1H3,(H,29,33). The summed E-state index contributed by atoms with van der Waals surface area (Å²) in [6.07, 6.45) is 3.69. The Labute approximate surface area is 202 Å². The number of thioether (sulfide) groups is 1. The number of carbonyl (C=O) groups is 2. The van der Waals surface area contributed by atoms with Crippen LogP contribution in [0.15, 0.2) is 90.1 Å². The van der Waals surface area contributed by atoms with E-state index < -0.39 is 5.82 Å². The molecule has 1 N–H and O–H groups in total. The molecular weight excluding hydrogens is 449 g/mol. The second kappa shape index (κ2) is 10.9. The summed E-state index contributed by atoms with van der Waals surface area (Å²) in [5.41, 5.74) is 4.58. The van der Waals surface area contributed by atoms with Gasteiger partial charge in [0.15, 0.2) is 5.78 Å². The minimum Gasteiger partial charge on any atom is -0.351 e. The molecule has 0 unspecified atom stereocenters. The molecule has 0 bridgehead atoms. The average molecular weight is 474 g/mol. The highest BCUT2D eigenvalue weighted by atomic mass is 32.2. The molecule has 0 saturated carbocycles. The fourth-order valence-corrected chi connectivity index (χ4v) is 4.30. The van der Waals surface area contributed by atoms with Crippen molar-refractivity contribution in [3.63, 3.8) is 0 Å². The summed E-state index contributed by atoms with van der Waals surface area (Å²) in [4.78, 5) is 24.1. The Bertz CT molecular complexity index is 1290. The summed E-state index contributed by atoms with van der Waals surface area (Å²) in [5.74, 6) is -0.795. The first kappa shape index (κ1) is 23.4. The van der Waals surface area contributed by atoms with Crippen LogP contribution >= 0.6 is 11.8 Å². The zero-order valence-corrected chi connectivity index (χ0v) is 19.5. The van der Waals surface area contributed by atoms with Gasteiger partial charge >= 0.3 is 0 Å². The van der Waals surface area contributed by atoms with E-state index in [1.165, 1.54) is 19.1 Å². The van der Waals surface area contributed by atoms with E-state index in [9.17, 15) is 14.0 Å². The number of halogens is 1. The largest absolute Gasteiger partial charge is 0.351 e. The molecule has 1 aromatic heterocycles. The van der Waals surface area contributed by atoms with Crippen molar-refractivity contribution in [1.82, 2.24) is 15.1 Å². The number of nitrogens with zero attached hydrogens (tertiary/aromatic N) is 2. The molecule has 0 spiro atoms. The fourth-order valence-electron chi connectivity index (χ4n) is 3.55. The van der Waals surface area contributed by atoms with Crippen LogP contribution in [0.3, 0.4) is 0 Å². The topological polar surface area (TPSA) is 64.0 Å². The van der Waals surface area contributed by atoms with Crippen molar-refractivity contribution in [2.45, 2.75) is 24.9 Å². The zero-order valence-electron chi connectivity index (χ0n) is 18.7. The van der Waals surface area contributed by atoms with Gasteiger partial charge in [-0.2, -0.15) is 5.10 Å². The molecule has 0 aliphatic heterocycles. The lowest BCUT2D eigenvalue weighted by Crippen LogP contribution is -2.24. The predicted octanol–water partition coefficient (Wildman–Crippen LogP) is 5.35. The highest BCUT2D eigenvalue weighted by Crippen LogP contribution is 2.25. The molecule has 0 saturated heterocycles. The quantitative estimate of drug-likeness (QED) is 0.263. The summed E-state index contributed by atoms with van der Waals surface area (Å²) in [5, 5.41) is 7.16. The first-order valence-corrected chi connectivity index (χ1v) is 11.8. The Morgan fingerprint density at radius 3 is 2.53 bits per heavy atom. The number of nitrogens with one attached hydrogen (secondary N) is 1. The van der Waals surface area contributed by atoms with Crippen LogP contribution in [0.1, 0.15) is 28.4 Å². The van der Waals surface area contributed by atoms with Crippen molar-refractivity contribution in [2.75, 3.05) is 5.75 Å². The second-order valence-electron chi connectivity index (χ2n) is 7.82. The third kappa shape index (κ3) is 5.99. The minimum atomic E-state index is -0.494. The van der Waals surface area contributed by atoms with Crippen molar-refractivity contribution >= 4 is 23.5 Å². The molecule has 4 aromatic rings. The van der Waals surface area contributed by atoms with Gasteiger partial charge in [-0.15, -0.1) is 11.8 Å². The van der Waals surface area contributed by atoms with Crippen LogP contribution in [0.25, 0.3) is 11.1 Å². The minimum absolute atomic E-state index is 0.0840. The van der Waals surface area contributed by atoms with E-state index in [0.717, 1.165) is 34.0 Å². The Morgan fingerprint density at radius 2 is 1.82 bits per heavy atom. The maximum Gasteiger partial charge on any atom is 0.230 e. The number of carbonyl (C=O) groups excluding carboxylic acids is 2. The van der Waals surface area contributed by atoms with Crippen LogP contribution in [0.5, 0.6) is 0 Å². The van der Waals surface area contributed by atoms with Gasteiger partial charge in [0.25, 0.3) is 0 Å². The molecule has 5 nitrogen and oxygen atoms in total. The van der Waals surface area contributed by atoms with Crippen molar-refractivity contribution in [1.29, 1.82) is 0 Å². The van der Waals surface area contributed by atoms with Gasteiger partial charge in [-0.3, -0.25) is 14.3 Å². The fraction of sp³-hybridized carbons (Fsp3) is 0.148. The number of rotatable bonds is 9. The number of benzene rings is 3. The summed E-state index contributed by atoms with van der Waals surface area (Å²) in [7, 11) is 0. The molecule has 1 amide bonds. The second-order valence-corrected chi connectivity index (χ2v) is 8.84. The van der Waals surface area contributed by atoms with E-state index in [1.807, 2.05) is 41.2 Å². The molecule has 34 heavy (non-hydrogen) atoms. The van der Waals surface area contributed by atoms with Gasteiger partial charge in [-0.05, 0) is 47.4 Å². The Kier molecular flexibility index (Phi) is 7.54. The Balaban J connectivity index is 1.36. The zero-order chi connectivity index (χ0) is 23.9. The first-order valence-electron chi connectivity index (χ1n) is 10.8. The van der Waals surface area contributed by atoms with Gasteiger partial charge < -0.3 is 5.32 Å². The molecule has 1 heterocycles. The predicted molar refractivity (Wildman–Crippen MR) is 132 cm³/mol. The number of Topliss-reactive ketones (excluding diaryl/α,β-unsaturated/α-hetero) is 1. The molecule has 7 heteroatoms. The number of amides is 1.